The van der Waals surface area contributed by atoms with E-state index < -0.39 is 0 Å². The maximum atomic E-state index is 12.4. The molecule has 9 nitrogen and oxygen atoms in total. The minimum atomic E-state index is -0.349. The molecule has 0 saturated carbocycles. The van der Waals surface area contributed by atoms with Crippen molar-refractivity contribution in [3.63, 3.8) is 0 Å². The Labute approximate surface area is 161 Å². The van der Waals surface area contributed by atoms with Gasteiger partial charge in [0.05, 0.1) is 25.0 Å². The van der Waals surface area contributed by atoms with E-state index in [2.05, 4.69) is 26.2 Å². The van der Waals surface area contributed by atoms with Crippen LogP contribution in [0.25, 0.3) is 5.69 Å². The summed E-state index contributed by atoms with van der Waals surface area (Å²) >= 11 is 0. The first-order valence-electron chi connectivity index (χ1n) is 8.54. The lowest BCUT2D eigenvalue weighted by molar-refractivity contribution is -0.115. The number of carbonyl (C=O) groups is 2. The molecule has 0 unspecified atom stereocenters. The van der Waals surface area contributed by atoms with E-state index >= 15 is 0 Å². The molecule has 144 valence electrons. The lowest BCUT2D eigenvalue weighted by Gasteiger charge is -2.12. The molecule has 1 heterocycles. The lowest BCUT2D eigenvalue weighted by Crippen LogP contribution is -2.33. The van der Waals surface area contributed by atoms with Gasteiger partial charge >= 0.3 is 0 Å². The third-order valence-corrected chi connectivity index (χ3v) is 4.09. The van der Waals surface area contributed by atoms with Crippen LogP contribution >= 0.6 is 0 Å². The summed E-state index contributed by atoms with van der Waals surface area (Å²) in [6, 6.07) is 10.6. The maximum Gasteiger partial charge on any atom is 0.251 e. The van der Waals surface area contributed by atoms with Crippen molar-refractivity contribution in [1.82, 2.24) is 25.5 Å². The van der Waals surface area contributed by atoms with Crippen molar-refractivity contribution in [3.05, 3.63) is 59.4 Å². The molecular formula is C19H20N6O3. The zero-order chi connectivity index (χ0) is 20.1. The van der Waals surface area contributed by atoms with E-state index in [0.717, 1.165) is 16.8 Å². The molecule has 0 saturated heterocycles. The third kappa shape index (κ3) is 4.32. The molecule has 0 radical (unpaired) electrons. The highest BCUT2D eigenvalue weighted by atomic mass is 16.5. The van der Waals surface area contributed by atoms with E-state index in [9.17, 15) is 9.59 Å². The van der Waals surface area contributed by atoms with Crippen molar-refractivity contribution >= 4 is 17.5 Å². The summed E-state index contributed by atoms with van der Waals surface area (Å²) in [5.74, 6) is -0.143. The van der Waals surface area contributed by atoms with Gasteiger partial charge in [0, 0.05) is 5.56 Å². The molecule has 0 bridgehead atoms. The first-order valence-corrected chi connectivity index (χ1v) is 8.54. The van der Waals surface area contributed by atoms with Gasteiger partial charge in [0.25, 0.3) is 5.91 Å². The Kier molecular flexibility index (Phi) is 5.64. The van der Waals surface area contributed by atoms with Gasteiger partial charge in [-0.05, 0) is 65.7 Å². The number of amides is 2. The smallest absolute Gasteiger partial charge is 0.251 e. The molecule has 0 atom stereocenters. The summed E-state index contributed by atoms with van der Waals surface area (Å²) in [5, 5.41) is 16.4. The van der Waals surface area contributed by atoms with Crippen molar-refractivity contribution in [3.8, 4) is 11.4 Å². The quantitative estimate of drug-likeness (QED) is 0.673. The molecule has 2 N–H and O–H groups in total. The van der Waals surface area contributed by atoms with E-state index in [4.69, 9.17) is 4.74 Å². The van der Waals surface area contributed by atoms with Crippen LogP contribution in [-0.4, -0.2) is 45.7 Å². The van der Waals surface area contributed by atoms with Crippen LogP contribution in [0.15, 0.2) is 42.7 Å². The number of nitrogens with zero attached hydrogens (tertiary/aromatic N) is 4. The molecule has 28 heavy (non-hydrogen) atoms. The highest BCUT2D eigenvalue weighted by Gasteiger charge is 2.12. The van der Waals surface area contributed by atoms with Crippen LogP contribution in [0.2, 0.25) is 0 Å². The third-order valence-electron chi connectivity index (χ3n) is 4.09. The zero-order valence-corrected chi connectivity index (χ0v) is 15.8. The number of hydrogen-bond acceptors (Lipinski definition) is 6. The zero-order valence-electron chi connectivity index (χ0n) is 15.8. The van der Waals surface area contributed by atoms with Crippen LogP contribution in [0, 0.1) is 13.8 Å². The van der Waals surface area contributed by atoms with Crippen molar-refractivity contribution in [2.75, 3.05) is 19.0 Å². The molecule has 1 aromatic heterocycles. The Morgan fingerprint density at radius 3 is 2.64 bits per heavy atom. The Balaban J connectivity index is 1.62. The van der Waals surface area contributed by atoms with Gasteiger partial charge in [-0.15, -0.1) is 5.10 Å². The van der Waals surface area contributed by atoms with E-state index in [1.54, 1.807) is 30.3 Å². The Bertz CT molecular complexity index is 1000. The molecular weight excluding hydrogens is 360 g/mol. The van der Waals surface area contributed by atoms with Crippen LogP contribution in [0.4, 0.5) is 5.69 Å². The number of methoxy groups -OCH3 is 1. The minimum Gasteiger partial charge on any atom is -0.495 e. The fraction of sp³-hybridized carbons (Fsp3) is 0.211. The molecule has 0 aliphatic carbocycles. The van der Waals surface area contributed by atoms with Gasteiger partial charge in [0.1, 0.15) is 12.1 Å². The van der Waals surface area contributed by atoms with Gasteiger partial charge in [0.2, 0.25) is 5.91 Å². The lowest BCUT2D eigenvalue weighted by atomic mass is 10.1. The molecule has 3 aromatic rings. The number of carbonyl (C=O) groups excluding carboxylic acids is 2. The van der Waals surface area contributed by atoms with Crippen LogP contribution in [0.1, 0.15) is 21.5 Å². The van der Waals surface area contributed by atoms with Gasteiger partial charge in [-0.1, -0.05) is 6.07 Å². The minimum absolute atomic E-state index is 0.163. The highest BCUT2D eigenvalue weighted by molar-refractivity contribution is 6.00. The average molecular weight is 380 g/mol. The highest BCUT2D eigenvalue weighted by Crippen LogP contribution is 2.25. The number of tetrazole rings is 1. The van der Waals surface area contributed by atoms with Gasteiger partial charge in [-0.3, -0.25) is 9.59 Å². The first kappa shape index (κ1) is 19.0. The van der Waals surface area contributed by atoms with Crippen molar-refractivity contribution in [2.24, 2.45) is 0 Å². The molecule has 0 spiro atoms. The van der Waals surface area contributed by atoms with E-state index in [1.165, 1.54) is 18.1 Å². The summed E-state index contributed by atoms with van der Waals surface area (Å²) in [7, 11) is 1.53. The summed E-state index contributed by atoms with van der Waals surface area (Å²) < 4.78 is 6.75. The standard InChI is InChI=1S/C19H20N6O3/c1-12-4-7-17(28-3)15(8-12)22-18(26)10-20-19(27)14-5-6-16(13(2)9-14)25-11-21-23-24-25/h4-9,11H,10H2,1-3H3,(H,20,27)(H,22,26). The number of benzene rings is 2. The van der Waals surface area contributed by atoms with Crippen LogP contribution in [0.3, 0.4) is 0 Å². The predicted molar refractivity (Wildman–Crippen MR) is 103 cm³/mol. The number of nitrogens with one attached hydrogen (secondary N) is 2. The van der Waals surface area contributed by atoms with Crippen molar-refractivity contribution in [2.45, 2.75) is 13.8 Å². The SMILES string of the molecule is COc1ccc(C)cc1NC(=O)CNC(=O)c1ccc(-n2cnnn2)c(C)c1. The molecule has 0 fully saturated rings. The number of aryl methyl sites for hydroxylation is 2. The fourth-order valence-corrected chi connectivity index (χ4v) is 2.70. The number of ether oxygens (including phenoxy) is 1. The van der Waals surface area contributed by atoms with Gasteiger partial charge in [-0.25, -0.2) is 4.68 Å². The second-order valence-corrected chi connectivity index (χ2v) is 6.19. The molecule has 0 aliphatic heterocycles. The van der Waals surface area contributed by atoms with Crippen LogP contribution < -0.4 is 15.4 Å². The Hall–Kier alpha value is -3.75. The summed E-state index contributed by atoms with van der Waals surface area (Å²) in [5.41, 5.74) is 3.58. The molecule has 0 aliphatic rings. The van der Waals surface area contributed by atoms with E-state index in [0.29, 0.717) is 17.0 Å². The van der Waals surface area contributed by atoms with Crippen LogP contribution in [-0.2, 0) is 4.79 Å². The number of rotatable bonds is 6. The predicted octanol–water partition coefficient (Wildman–Crippen LogP) is 1.66. The summed E-state index contributed by atoms with van der Waals surface area (Å²) in [6.45, 7) is 3.60. The fourth-order valence-electron chi connectivity index (χ4n) is 2.70. The average Bonchev–Trinajstić information content (AvgIpc) is 3.20. The monoisotopic (exact) mass is 380 g/mol. The van der Waals surface area contributed by atoms with Gasteiger partial charge < -0.3 is 15.4 Å². The number of hydrogen-bond donors (Lipinski definition) is 2. The molecule has 3 rings (SSSR count). The second kappa shape index (κ2) is 8.30. The normalized spacial score (nSPS) is 10.4. The topological polar surface area (TPSA) is 111 Å². The van der Waals surface area contributed by atoms with Crippen molar-refractivity contribution in [1.29, 1.82) is 0 Å². The Morgan fingerprint density at radius 1 is 1.14 bits per heavy atom. The second-order valence-electron chi connectivity index (χ2n) is 6.19. The van der Waals surface area contributed by atoms with E-state index in [1.807, 2.05) is 19.9 Å². The maximum absolute atomic E-state index is 12.4. The molecule has 2 aromatic carbocycles. The van der Waals surface area contributed by atoms with E-state index in [-0.39, 0.29) is 18.4 Å². The molecule has 2 amide bonds. The van der Waals surface area contributed by atoms with Crippen LogP contribution in [0.5, 0.6) is 5.75 Å². The number of aromatic nitrogens is 4. The molecule has 9 heteroatoms. The van der Waals surface area contributed by atoms with Crippen molar-refractivity contribution < 1.29 is 14.3 Å². The summed E-state index contributed by atoms with van der Waals surface area (Å²) in [4.78, 5) is 24.6. The van der Waals surface area contributed by atoms with Gasteiger partial charge in [0.15, 0.2) is 0 Å². The van der Waals surface area contributed by atoms with Gasteiger partial charge in [-0.2, -0.15) is 0 Å². The number of anilines is 1. The first-order chi connectivity index (χ1) is 13.5. The summed E-state index contributed by atoms with van der Waals surface area (Å²) in [6.07, 6.45) is 1.48. The Morgan fingerprint density at radius 2 is 1.96 bits per heavy atom. The largest absolute Gasteiger partial charge is 0.495 e.